The van der Waals surface area contributed by atoms with Crippen LogP contribution in [0, 0.1) is 5.92 Å². The number of benzene rings is 1. The van der Waals surface area contributed by atoms with Gasteiger partial charge in [-0.1, -0.05) is 44.1 Å². The summed E-state index contributed by atoms with van der Waals surface area (Å²) in [6, 6.07) is 7.56. The molecule has 1 aromatic carbocycles. The first-order valence-electron chi connectivity index (χ1n) is 7.46. The minimum atomic E-state index is 0.0324. The van der Waals surface area contributed by atoms with Crippen LogP contribution in [0.4, 0.5) is 0 Å². The fourth-order valence-corrected chi connectivity index (χ4v) is 2.47. The molecule has 0 spiro atoms. The second-order valence-corrected chi connectivity index (χ2v) is 5.24. The lowest BCUT2D eigenvalue weighted by Crippen LogP contribution is -2.28. The highest BCUT2D eigenvalue weighted by Gasteiger charge is 2.20. The smallest absolute Gasteiger partial charge is 0.243 e. The van der Waals surface area contributed by atoms with Gasteiger partial charge >= 0.3 is 0 Å². The van der Waals surface area contributed by atoms with Gasteiger partial charge in [-0.3, -0.25) is 4.79 Å². The van der Waals surface area contributed by atoms with Crippen LogP contribution >= 0.6 is 0 Å². The van der Waals surface area contributed by atoms with Crippen LogP contribution in [0.25, 0.3) is 0 Å². The minimum Gasteiger partial charge on any atom is -0.490 e. The fraction of sp³-hybridized carbons (Fsp3) is 0.412. The number of carbonyl (C=O) groups excluding carboxylic acids is 1. The summed E-state index contributed by atoms with van der Waals surface area (Å²) in [4.78, 5) is 11.9. The van der Waals surface area contributed by atoms with Gasteiger partial charge < -0.3 is 4.74 Å². The van der Waals surface area contributed by atoms with Gasteiger partial charge in [0.2, 0.25) is 5.91 Å². The van der Waals surface area contributed by atoms with Crippen molar-refractivity contribution in [2.45, 2.75) is 32.1 Å². The van der Waals surface area contributed by atoms with Gasteiger partial charge in [-0.25, -0.2) is 5.43 Å². The van der Waals surface area contributed by atoms with Crippen molar-refractivity contribution in [3.05, 3.63) is 42.5 Å². The second-order valence-electron chi connectivity index (χ2n) is 5.24. The molecule has 0 heterocycles. The molecule has 1 aliphatic rings. The summed E-state index contributed by atoms with van der Waals surface area (Å²) in [5, 5.41) is 4.04. The highest BCUT2D eigenvalue weighted by atomic mass is 16.5. The molecular formula is C17H22N2O2. The summed E-state index contributed by atoms with van der Waals surface area (Å²) >= 11 is 0. The molecule has 1 fully saturated rings. The van der Waals surface area contributed by atoms with Gasteiger partial charge in [0.05, 0.1) is 6.21 Å². The van der Waals surface area contributed by atoms with E-state index in [0.717, 1.165) is 37.0 Å². The molecule has 21 heavy (non-hydrogen) atoms. The summed E-state index contributed by atoms with van der Waals surface area (Å²) in [5.41, 5.74) is 3.53. The van der Waals surface area contributed by atoms with Crippen LogP contribution in [0.15, 0.2) is 42.0 Å². The number of hydrogen-bond donors (Lipinski definition) is 1. The lowest BCUT2D eigenvalue weighted by molar-refractivity contribution is -0.125. The standard InChI is InChI=1S/C17H22N2O2/c1-2-11-21-16-10-6-7-14(12-16)13-18-19-17(20)15-8-4-3-5-9-15/h2,6-7,10,12-13,15H,1,3-5,8-9,11H2,(H,19,20). The number of amides is 1. The lowest BCUT2D eigenvalue weighted by Gasteiger charge is -2.19. The van der Waals surface area contributed by atoms with Crippen molar-refractivity contribution in [2.24, 2.45) is 11.0 Å². The highest BCUT2D eigenvalue weighted by Crippen LogP contribution is 2.23. The molecule has 0 radical (unpaired) electrons. The van der Waals surface area contributed by atoms with Gasteiger partial charge in [0.15, 0.2) is 0 Å². The van der Waals surface area contributed by atoms with Crippen molar-refractivity contribution >= 4 is 12.1 Å². The molecule has 1 N–H and O–H groups in total. The fourth-order valence-electron chi connectivity index (χ4n) is 2.47. The summed E-state index contributed by atoms with van der Waals surface area (Å²) in [7, 11) is 0. The van der Waals surface area contributed by atoms with Crippen LogP contribution in [0.1, 0.15) is 37.7 Å². The normalized spacial score (nSPS) is 15.8. The molecular weight excluding hydrogens is 264 g/mol. The van der Waals surface area contributed by atoms with E-state index in [4.69, 9.17) is 4.74 Å². The molecule has 0 aliphatic heterocycles. The van der Waals surface area contributed by atoms with E-state index in [1.165, 1.54) is 6.42 Å². The van der Waals surface area contributed by atoms with Crippen LogP contribution in [-0.2, 0) is 4.79 Å². The first-order chi connectivity index (χ1) is 10.3. The Morgan fingerprint density at radius 2 is 2.19 bits per heavy atom. The summed E-state index contributed by atoms with van der Waals surface area (Å²) in [5.74, 6) is 0.917. The number of hydrazone groups is 1. The number of hydrogen-bond acceptors (Lipinski definition) is 3. The zero-order valence-electron chi connectivity index (χ0n) is 12.3. The van der Waals surface area contributed by atoms with Crippen molar-refractivity contribution in [3.63, 3.8) is 0 Å². The molecule has 1 aliphatic carbocycles. The van der Waals surface area contributed by atoms with Crippen LogP contribution in [0.5, 0.6) is 5.75 Å². The van der Waals surface area contributed by atoms with Gasteiger partial charge in [-0.15, -0.1) is 0 Å². The number of ether oxygens (including phenoxy) is 1. The lowest BCUT2D eigenvalue weighted by atomic mass is 9.89. The van der Waals surface area contributed by atoms with Crippen molar-refractivity contribution in [1.29, 1.82) is 0 Å². The third-order valence-corrected chi connectivity index (χ3v) is 3.59. The Balaban J connectivity index is 1.85. The topological polar surface area (TPSA) is 50.7 Å². The molecule has 1 aromatic rings. The first-order valence-corrected chi connectivity index (χ1v) is 7.46. The molecule has 1 saturated carbocycles. The predicted octanol–water partition coefficient (Wildman–Crippen LogP) is 3.28. The van der Waals surface area contributed by atoms with E-state index in [2.05, 4.69) is 17.1 Å². The van der Waals surface area contributed by atoms with E-state index in [1.807, 2.05) is 24.3 Å². The maximum Gasteiger partial charge on any atom is 0.243 e. The quantitative estimate of drug-likeness (QED) is 0.495. The Labute approximate surface area is 125 Å². The first kappa shape index (κ1) is 15.3. The van der Waals surface area contributed by atoms with Crippen LogP contribution in [0.3, 0.4) is 0 Å². The molecule has 0 bridgehead atoms. The zero-order valence-corrected chi connectivity index (χ0v) is 12.3. The zero-order chi connectivity index (χ0) is 14.9. The molecule has 112 valence electrons. The number of carbonyl (C=O) groups is 1. The van der Waals surface area contributed by atoms with Crippen molar-refractivity contribution in [2.75, 3.05) is 6.61 Å². The third-order valence-electron chi connectivity index (χ3n) is 3.59. The van der Waals surface area contributed by atoms with E-state index in [9.17, 15) is 4.79 Å². The molecule has 4 nitrogen and oxygen atoms in total. The van der Waals surface area contributed by atoms with Crippen molar-refractivity contribution in [3.8, 4) is 5.75 Å². The third kappa shape index (κ3) is 5.06. The van der Waals surface area contributed by atoms with Gasteiger partial charge in [-0.2, -0.15) is 5.10 Å². The Hall–Kier alpha value is -2.10. The van der Waals surface area contributed by atoms with E-state index in [0.29, 0.717) is 6.61 Å². The average molecular weight is 286 g/mol. The van der Waals surface area contributed by atoms with Crippen LogP contribution in [-0.4, -0.2) is 18.7 Å². The summed E-state index contributed by atoms with van der Waals surface area (Å²) < 4.78 is 5.45. The number of rotatable bonds is 6. The Morgan fingerprint density at radius 3 is 2.95 bits per heavy atom. The second kappa shape index (κ2) is 8.25. The molecule has 0 atom stereocenters. The average Bonchev–Trinajstić information content (AvgIpc) is 2.54. The molecule has 0 aromatic heterocycles. The van der Waals surface area contributed by atoms with E-state index in [-0.39, 0.29) is 11.8 Å². The number of nitrogens with zero attached hydrogens (tertiary/aromatic N) is 1. The van der Waals surface area contributed by atoms with E-state index < -0.39 is 0 Å². The van der Waals surface area contributed by atoms with E-state index >= 15 is 0 Å². The predicted molar refractivity (Wildman–Crippen MR) is 84.4 cm³/mol. The highest BCUT2D eigenvalue weighted by molar-refractivity contribution is 5.83. The summed E-state index contributed by atoms with van der Waals surface area (Å²) in [6.07, 6.45) is 8.82. The molecule has 0 saturated heterocycles. The minimum absolute atomic E-state index is 0.0324. The number of nitrogens with one attached hydrogen (secondary N) is 1. The maximum atomic E-state index is 11.9. The maximum absolute atomic E-state index is 11.9. The van der Waals surface area contributed by atoms with Crippen molar-refractivity contribution < 1.29 is 9.53 Å². The van der Waals surface area contributed by atoms with Gasteiger partial charge in [-0.05, 0) is 30.5 Å². The molecule has 2 rings (SSSR count). The molecule has 0 unspecified atom stereocenters. The molecule has 1 amide bonds. The van der Waals surface area contributed by atoms with Gasteiger partial charge in [0, 0.05) is 5.92 Å². The van der Waals surface area contributed by atoms with Crippen LogP contribution < -0.4 is 10.2 Å². The monoisotopic (exact) mass is 286 g/mol. The summed E-state index contributed by atoms with van der Waals surface area (Å²) in [6.45, 7) is 4.08. The van der Waals surface area contributed by atoms with Crippen molar-refractivity contribution in [1.82, 2.24) is 5.43 Å². The Morgan fingerprint density at radius 1 is 1.38 bits per heavy atom. The van der Waals surface area contributed by atoms with Gasteiger partial charge in [0.25, 0.3) is 0 Å². The van der Waals surface area contributed by atoms with E-state index in [1.54, 1.807) is 12.3 Å². The Bertz CT molecular complexity index is 505. The van der Waals surface area contributed by atoms with Gasteiger partial charge in [0.1, 0.15) is 12.4 Å². The van der Waals surface area contributed by atoms with Crippen LogP contribution in [0.2, 0.25) is 0 Å². The Kier molecular flexibility index (Phi) is 6.00. The largest absolute Gasteiger partial charge is 0.490 e. The molecule has 4 heteroatoms. The SMILES string of the molecule is C=CCOc1cccc(C=NNC(=O)C2CCCCC2)c1.